The van der Waals surface area contributed by atoms with Gasteiger partial charge in [-0.3, -0.25) is 4.79 Å². The van der Waals surface area contributed by atoms with Crippen LogP contribution in [0, 0.1) is 0 Å². The van der Waals surface area contributed by atoms with E-state index < -0.39 is 6.10 Å². The molecule has 1 N–H and O–H groups in total. The minimum atomic E-state index is -0.592. The first-order valence-corrected chi connectivity index (χ1v) is 9.88. The number of benzene rings is 3. The van der Waals surface area contributed by atoms with E-state index in [1.54, 1.807) is 6.92 Å². The molecule has 0 aliphatic carbocycles. The van der Waals surface area contributed by atoms with Gasteiger partial charge in [0.2, 0.25) is 0 Å². The van der Waals surface area contributed by atoms with Gasteiger partial charge in [-0.15, -0.1) is 0 Å². The molecule has 150 valence electrons. The van der Waals surface area contributed by atoms with Crippen LogP contribution in [0.1, 0.15) is 12.5 Å². The predicted molar refractivity (Wildman–Crippen MR) is 119 cm³/mol. The lowest BCUT2D eigenvalue weighted by atomic mass is 10.1. The molecule has 3 rings (SSSR count). The van der Waals surface area contributed by atoms with E-state index in [4.69, 9.17) is 4.74 Å². The summed E-state index contributed by atoms with van der Waals surface area (Å²) in [4.78, 5) is 14.6. The summed E-state index contributed by atoms with van der Waals surface area (Å²) in [6.45, 7) is 2.76. The molecular weight excluding hydrogens is 360 g/mol. The van der Waals surface area contributed by atoms with E-state index >= 15 is 0 Å². The number of hydrogen-bond donors (Lipinski definition) is 1. The van der Waals surface area contributed by atoms with Crippen LogP contribution < -0.4 is 10.1 Å². The van der Waals surface area contributed by atoms with Crippen molar-refractivity contribution in [3.05, 3.63) is 84.4 Å². The quantitative estimate of drug-likeness (QED) is 0.599. The third kappa shape index (κ3) is 6.19. The van der Waals surface area contributed by atoms with Crippen LogP contribution in [-0.2, 0) is 11.2 Å². The lowest BCUT2D eigenvalue weighted by Crippen LogP contribution is -2.30. The molecule has 0 aliphatic heterocycles. The second-order valence-electron chi connectivity index (χ2n) is 7.39. The Morgan fingerprint density at radius 2 is 1.52 bits per heavy atom. The first-order valence-electron chi connectivity index (χ1n) is 9.88. The number of hydrogen-bond acceptors (Lipinski definition) is 3. The molecule has 0 fully saturated rings. The van der Waals surface area contributed by atoms with Gasteiger partial charge >= 0.3 is 0 Å². The number of anilines is 1. The van der Waals surface area contributed by atoms with E-state index in [1.165, 1.54) is 5.56 Å². The molecule has 4 heteroatoms. The third-order valence-corrected chi connectivity index (χ3v) is 4.71. The fourth-order valence-electron chi connectivity index (χ4n) is 2.97. The molecule has 1 atom stereocenters. The molecule has 0 aromatic heterocycles. The van der Waals surface area contributed by atoms with Crippen LogP contribution in [0.4, 0.5) is 5.69 Å². The van der Waals surface area contributed by atoms with Crippen LogP contribution >= 0.6 is 0 Å². The zero-order chi connectivity index (χ0) is 20.6. The highest BCUT2D eigenvalue weighted by Crippen LogP contribution is 2.23. The fourth-order valence-corrected chi connectivity index (χ4v) is 2.97. The van der Waals surface area contributed by atoms with Gasteiger partial charge in [-0.2, -0.15) is 0 Å². The van der Waals surface area contributed by atoms with Gasteiger partial charge in [0, 0.05) is 12.2 Å². The molecule has 0 heterocycles. The Morgan fingerprint density at radius 3 is 2.14 bits per heavy atom. The highest BCUT2D eigenvalue weighted by atomic mass is 16.5. The van der Waals surface area contributed by atoms with Gasteiger partial charge in [0.25, 0.3) is 5.91 Å². The van der Waals surface area contributed by atoms with Crippen LogP contribution in [0.3, 0.4) is 0 Å². The maximum atomic E-state index is 12.5. The van der Waals surface area contributed by atoms with Gasteiger partial charge in [-0.25, -0.2) is 0 Å². The average molecular weight is 389 g/mol. The highest BCUT2D eigenvalue weighted by Gasteiger charge is 2.15. The average Bonchev–Trinajstić information content (AvgIpc) is 2.74. The van der Waals surface area contributed by atoms with Crippen LogP contribution in [-0.4, -0.2) is 37.6 Å². The maximum Gasteiger partial charge on any atom is 0.265 e. The van der Waals surface area contributed by atoms with E-state index in [-0.39, 0.29) is 5.91 Å². The van der Waals surface area contributed by atoms with Crippen molar-refractivity contribution >= 4 is 11.6 Å². The molecule has 1 unspecified atom stereocenters. The summed E-state index contributed by atoms with van der Waals surface area (Å²) < 4.78 is 5.81. The SMILES string of the molecule is CC(Oc1ccc(-c2ccccc2)cc1)C(=O)Nc1ccc(CCN(C)C)cc1. The number of nitrogens with one attached hydrogen (secondary N) is 1. The summed E-state index contributed by atoms with van der Waals surface area (Å²) in [6, 6.07) is 25.9. The van der Waals surface area contributed by atoms with Crippen molar-refractivity contribution in [2.45, 2.75) is 19.4 Å². The second kappa shape index (κ2) is 9.89. The summed E-state index contributed by atoms with van der Waals surface area (Å²) in [5.74, 6) is 0.504. The van der Waals surface area contributed by atoms with Gasteiger partial charge in [0.15, 0.2) is 6.10 Å². The van der Waals surface area contributed by atoms with E-state index in [2.05, 4.69) is 36.4 Å². The summed E-state index contributed by atoms with van der Waals surface area (Å²) in [6.07, 6.45) is 0.394. The van der Waals surface area contributed by atoms with Crippen molar-refractivity contribution < 1.29 is 9.53 Å². The lowest BCUT2D eigenvalue weighted by Gasteiger charge is -2.15. The minimum absolute atomic E-state index is 0.168. The molecule has 1 amide bonds. The van der Waals surface area contributed by atoms with E-state index in [0.29, 0.717) is 5.75 Å². The van der Waals surface area contributed by atoms with Gasteiger partial charge < -0.3 is 15.0 Å². The van der Waals surface area contributed by atoms with Gasteiger partial charge in [-0.05, 0) is 68.4 Å². The molecule has 0 saturated carbocycles. The Morgan fingerprint density at radius 1 is 0.897 bits per heavy atom. The normalized spacial score (nSPS) is 11.9. The van der Waals surface area contributed by atoms with Gasteiger partial charge in [0.05, 0.1) is 0 Å². The summed E-state index contributed by atoms with van der Waals surface area (Å²) in [5.41, 5.74) is 4.29. The Labute approximate surface area is 173 Å². The molecule has 0 spiro atoms. The molecule has 0 radical (unpaired) electrons. The summed E-state index contributed by atoms with van der Waals surface area (Å²) >= 11 is 0. The topological polar surface area (TPSA) is 41.6 Å². The maximum absolute atomic E-state index is 12.5. The number of likely N-dealkylation sites (N-methyl/N-ethyl adjacent to an activating group) is 1. The lowest BCUT2D eigenvalue weighted by molar-refractivity contribution is -0.122. The summed E-state index contributed by atoms with van der Waals surface area (Å²) in [7, 11) is 4.12. The van der Waals surface area contributed by atoms with Crippen LogP contribution in [0.5, 0.6) is 5.75 Å². The Kier molecular flexibility index (Phi) is 7.04. The van der Waals surface area contributed by atoms with E-state index in [1.807, 2.05) is 66.7 Å². The van der Waals surface area contributed by atoms with Crippen molar-refractivity contribution in [1.82, 2.24) is 4.90 Å². The number of carbonyl (C=O) groups is 1. The molecule has 3 aromatic carbocycles. The zero-order valence-corrected chi connectivity index (χ0v) is 17.3. The number of ether oxygens (including phenoxy) is 1. The van der Waals surface area contributed by atoms with Crippen molar-refractivity contribution in [3.8, 4) is 16.9 Å². The van der Waals surface area contributed by atoms with E-state index in [0.717, 1.165) is 29.8 Å². The largest absolute Gasteiger partial charge is 0.481 e. The first kappa shape index (κ1) is 20.6. The number of nitrogens with zero attached hydrogens (tertiary/aromatic N) is 1. The van der Waals surface area contributed by atoms with Gasteiger partial charge in [0.1, 0.15) is 5.75 Å². The van der Waals surface area contributed by atoms with Crippen LogP contribution in [0.25, 0.3) is 11.1 Å². The van der Waals surface area contributed by atoms with Crippen LogP contribution in [0.2, 0.25) is 0 Å². The zero-order valence-electron chi connectivity index (χ0n) is 17.3. The van der Waals surface area contributed by atoms with Crippen molar-refractivity contribution in [3.63, 3.8) is 0 Å². The summed E-state index contributed by atoms with van der Waals surface area (Å²) in [5, 5.41) is 2.92. The Balaban J connectivity index is 1.53. The van der Waals surface area contributed by atoms with Gasteiger partial charge in [-0.1, -0.05) is 54.6 Å². The molecular formula is C25H28N2O2. The molecule has 4 nitrogen and oxygen atoms in total. The molecule has 0 saturated heterocycles. The molecule has 0 aliphatic rings. The standard InChI is InChI=1S/C25H28N2O2/c1-19(25(28)26-23-13-9-20(10-14-23)17-18-27(2)3)29-24-15-11-22(12-16-24)21-7-5-4-6-8-21/h4-16,19H,17-18H2,1-3H3,(H,26,28). The predicted octanol–water partition coefficient (Wildman–Crippen LogP) is 4.86. The minimum Gasteiger partial charge on any atom is -0.481 e. The van der Waals surface area contributed by atoms with E-state index in [9.17, 15) is 4.79 Å². The third-order valence-electron chi connectivity index (χ3n) is 4.71. The first-order chi connectivity index (χ1) is 14.0. The second-order valence-corrected chi connectivity index (χ2v) is 7.39. The number of carbonyl (C=O) groups excluding carboxylic acids is 1. The van der Waals surface area contributed by atoms with Crippen molar-refractivity contribution in [1.29, 1.82) is 0 Å². The highest BCUT2D eigenvalue weighted by molar-refractivity contribution is 5.94. The van der Waals surface area contributed by atoms with Crippen LogP contribution in [0.15, 0.2) is 78.9 Å². The molecule has 29 heavy (non-hydrogen) atoms. The number of rotatable bonds is 8. The molecule has 0 bridgehead atoms. The fraction of sp³-hybridized carbons (Fsp3) is 0.240. The van der Waals surface area contributed by atoms with Crippen molar-refractivity contribution in [2.75, 3.05) is 26.0 Å². The Hall–Kier alpha value is -3.11. The molecule has 3 aromatic rings. The van der Waals surface area contributed by atoms with Crippen molar-refractivity contribution in [2.24, 2.45) is 0 Å². The number of amides is 1. The smallest absolute Gasteiger partial charge is 0.265 e. The monoisotopic (exact) mass is 388 g/mol. The Bertz CT molecular complexity index is 904.